The zero-order valence-corrected chi connectivity index (χ0v) is 22.8. The van der Waals surface area contributed by atoms with E-state index in [4.69, 9.17) is 4.74 Å². The number of anilines is 1. The van der Waals surface area contributed by atoms with Gasteiger partial charge in [-0.25, -0.2) is 4.79 Å². The summed E-state index contributed by atoms with van der Waals surface area (Å²) in [5.74, 6) is 0.0656. The van der Waals surface area contributed by atoms with Crippen molar-refractivity contribution in [2.45, 2.75) is 32.5 Å². The van der Waals surface area contributed by atoms with Crippen molar-refractivity contribution in [1.82, 2.24) is 14.8 Å². The van der Waals surface area contributed by atoms with Crippen molar-refractivity contribution in [3.05, 3.63) is 82.8 Å². The molecule has 1 amide bonds. The number of thioether (sulfide) groups is 1. The van der Waals surface area contributed by atoms with E-state index < -0.39 is 5.97 Å². The fourth-order valence-electron chi connectivity index (χ4n) is 3.88. The lowest BCUT2D eigenvalue weighted by molar-refractivity contribution is -0.113. The van der Waals surface area contributed by atoms with Crippen LogP contribution >= 0.6 is 23.1 Å². The quantitative estimate of drug-likeness (QED) is 0.155. The van der Waals surface area contributed by atoms with Gasteiger partial charge in [-0.05, 0) is 31.9 Å². The van der Waals surface area contributed by atoms with Crippen LogP contribution in [0.25, 0.3) is 22.5 Å². The van der Waals surface area contributed by atoms with Gasteiger partial charge in [0.05, 0.1) is 12.9 Å². The molecule has 0 radical (unpaired) electrons. The molecule has 0 spiro atoms. The van der Waals surface area contributed by atoms with Crippen LogP contribution in [0.3, 0.4) is 0 Å². The van der Waals surface area contributed by atoms with E-state index in [0.717, 1.165) is 33.4 Å². The Hall–Kier alpha value is -3.69. The molecule has 190 valence electrons. The Balaban J connectivity index is 1.54. The minimum Gasteiger partial charge on any atom is -0.465 e. The molecule has 9 heteroatoms. The molecule has 37 heavy (non-hydrogen) atoms. The first-order valence-electron chi connectivity index (χ1n) is 11.6. The summed E-state index contributed by atoms with van der Waals surface area (Å²) in [6, 6.07) is 14.1. The molecule has 0 aliphatic carbocycles. The number of benzene rings is 2. The number of nitrogens with one attached hydrogen (secondary N) is 1. The third kappa shape index (κ3) is 5.84. The summed E-state index contributed by atoms with van der Waals surface area (Å²) in [6.45, 7) is 10.4. The van der Waals surface area contributed by atoms with Gasteiger partial charge < -0.3 is 10.1 Å². The van der Waals surface area contributed by atoms with Crippen molar-refractivity contribution in [1.29, 1.82) is 0 Å². The monoisotopic (exact) mass is 532 g/mol. The van der Waals surface area contributed by atoms with E-state index >= 15 is 0 Å². The Morgan fingerprint density at radius 3 is 2.51 bits per heavy atom. The van der Waals surface area contributed by atoms with Gasteiger partial charge in [0.15, 0.2) is 11.0 Å². The molecule has 0 saturated carbocycles. The second-order valence-corrected chi connectivity index (χ2v) is 10.4. The SMILES string of the molecule is C=CCn1c(SCC(=O)Nc2scc(-c3cc(C)ccc3C)c2C(=O)OC)nnc1-c1ccc(C)cc1. The lowest BCUT2D eigenvalue weighted by atomic mass is 9.97. The minimum absolute atomic E-state index is 0.0977. The lowest BCUT2D eigenvalue weighted by Gasteiger charge is -2.10. The van der Waals surface area contributed by atoms with Gasteiger partial charge in [0.2, 0.25) is 5.91 Å². The van der Waals surface area contributed by atoms with Gasteiger partial charge >= 0.3 is 5.97 Å². The molecule has 0 aliphatic rings. The van der Waals surface area contributed by atoms with Crippen molar-refractivity contribution in [3.63, 3.8) is 0 Å². The summed E-state index contributed by atoms with van der Waals surface area (Å²) in [4.78, 5) is 25.7. The van der Waals surface area contributed by atoms with Crippen molar-refractivity contribution >= 4 is 40.0 Å². The molecule has 7 nitrogen and oxygen atoms in total. The number of esters is 1. The van der Waals surface area contributed by atoms with E-state index in [1.54, 1.807) is 6.08 Å². The van der Waals surface area contributed by atoms with Gasteiger partial charge in [0, 0.05) is 23.1 Å². The van der Waals surface area contributed by atoms with Gasteiger partial charge in [-0.1, -0.05) is 71.4 Å². The number of aromatic nitrogens is 3. The second-order valence-electron chi connectivity index (χ2n) is 8.57. The zero-order valence-electron chi connectivity index (χ0n) is 21.2. The fourth-order valence-corrected chi connectivity index (χ4v) is 5.59. The van der Waals surface area contributed by atoms with E-state index in [1.807, 2.05) is 73.2 Å². The largest absolute Gasteiger partial charge is 0.465 e. The van der Waals surface area contributed by atoms with Crippen molar-refractivity contribution in [2.24, 2.45) is 0 Å². The average Bonchev–Trinajstić information content (AvgIpc) is 3.48. The highest BCUT2D eigenvalue weighted by Crippen LogP contribution is 2.38. The van der Waals surface area contributed by atoms with Crippen molar-refractivity contribution in [3.8, 4) is 22.5 Å². The van der Waals surface area contributed by atoms with Gasteiger partial charge in [-0.15, -0.1) is 28.1 Å². The number of nitrogens with zero attached hydrogens (tertiary/aromatic N) is 3. The summed E-state index contributed by atoms with van der Waals surface area (Å²) in [5, 5.41) is 14.5. The van der Waals surface area contributed by atoms with Crippen LogP contribution in [0.2, 0.25) is 0 Å². The molecule has 4 rings (SSSR count). The number of carbonyl (C=O) groups excluding carboxylic acids is 2. The Kier molecular flexibility index (Phi) is 8.25. The summed E-state index contributed by atoms with van der Waals surface area (Å²) in [7, 11) is 1.34. The first-order chi connectivity index (χ1) is 17.8. The molecule has 0 fully saturated rings. The Bertz CT molecular complexity index is 1450. The van der Waals surface area contributed by atoms with E-state index in [-0.39, 0.29) is 11.7 Å². The molecule has 2 aromatic heterocycles. The molecule has 4 aromatic rings. The minimum atomic E-state index is -0.492. The van der Waals surface area contributed by atoms with E-state index in [2.05, 4.69) is 22.1 Å². The summed E-state index contributed by atoms with van der Waals surface area (Å²) in [6.07, 6.45) is 1.77. The maximum atomic E-state index is 12.9. The normalized spacial score (nSPS) is 10.8. The number of allylic oxidation sites excluding steroid dienone is 1. The van der Waals surface area contributed by atoms with Gasteiger partial charge in [-0.3, -0.25) is 9.36 Å². The van der Waals surface area contributed by atoms with Gasteiger partial charge in [0.1, 0.15) is 10.6 Å². The molecular formula is C28H28N4O3S2. The first kappa shape index (κ1) is 26.4. The number of carbonyl (C=O) groups is 2. The summed E-state index contributed by atoms with van der Waals surface area (Å²) >= 11 is 2.58. The molecule has 0 atom stereocenters. The summed E-state index contributed by atoms with van der Waals surface area (Å²) < 4.78 is 6.98. The predicted octanol–water partition coefficient (Wildman–Crippen LogP) is 6.30. The van der Waals surface area contributed by atoms with Crippen LogP contribution in [0.15, 0.2) is 65.7 Å². The van der Waals surface area contributed by atoms with Crippen molar-refractivity contribution in [2.75, 3.05) is 18.2 Å². The molecule has 0 saturated heterocycles. The maximum Gasteiger partial charge on any atom is 0.341 e. The Morgan fingerprint density at radius 2 is 1.81 bits per heavy atom. The third-order valence-electron chi connectivity index (χ3n) is 5.79. The number of amides is 1. The van der Waals surface area contributed by atoms with E-state index in [1.165, 1.54) is 30.2 Å². The topological polar surface area (TPSA) is 86.1 Å². The molecular weight excluding hydrogens is 504 g/mol. The molecule has 0 aliphatic heterocycles. The van der Waals surface area contributed by atoms with Crippen LogP contribution in [0.5, 0.6) is 0 Å². The van der Waals surface area contributed by atoms with Crippen LogP contribution < -0.4 is 5.32 Å². The van der Waals surface area contributed by atoms with Crippen molar-refractivity contribution < 1.29 is 14.3 Å². The van der Waals surface area contributed by atoms with Crippen LogP contribution in [0, 0.1) is 20.8 Å². The highest BCUT2D eigenvalue weighted by atomic mass is 32.2. The standard InChI is InChI=1S/C28H28N4O3S2/c1-6-13-32-25(20-11-8-17(2)9-12-20)30-31-28(32)37-16-23(33)29-26-24(27(34)35-5)22(15-36-26)21-14-18(3)7-10-19(21)4/h6-12,14-15H,1,13,16H2,2-5H3,(H,29,33). The first-order valence-corrected chi connectivity index (χ1v) is 13.5. The number of ether oxygens (including phenoxy) is 1. The molecule has 0 bridgehead atoms. The van der Waals surface area contributed by atoms with Crippen LogP contribution in [0.1, 0.15) is 27.0 Å². The average molecular weight is 533 g/mol. The number of hydrogen-bond donors (Lipinski definition) is 1. The predicted molar refractivity (Wildman–Crippen MR) is 150 cm³/mol. The van der Waals surface area contributed by atoms with Gasteiger partial charge in [0.25, 0.3) is 0 Å². The fraction of sp³-hybridized carbons (Fsp3) is 0.214. The number of hydrogen-bond acceptors (Lipinski definition) is 7. The number of methoxy groups -OCH3 is 1. The van der Waals surface area contributed by atoms with Crippen LogP contribution in [0.4, 0.5) is 5.00 Å². The maximum absolute atomic E-state index is 12.9. The molecule has 2 heterocycles. The number of rotatable bonds is 9. The second kappa shape index (κ2) is 11.6. The zero-order chi connectivity index (χ0) is 26.5. The van der Waals surface area contributed by atoms with E-state index in [9.17, 15) is 9.59 Å². The third-order valence-corrected chi connectivity index (χ3v) is 7.65. The van der Waals surface area contributed by atoms with Gasteiger partial charge in [-0.2, -0.15) is 0 Å². The Labute approximate surface area is 224 Å². The highest BCUT2D eigenvalue weighted by Gasteiger charge is 2.24. The molecule has 1 N–H and O–H groups in total. The highest BCUT2D eigenvalue weighted by molar-refractivity contribution is 7.99. The lowest BCUT2D eigenvalue weighted by Crippen LogP contribution is -2.16. The summed E-state index contributed by atoms with van der Waals surface area (Å²) in [5.41, 5.74) is 6.26. The smallest absolute Gasteiger partial charge is 0.341 e. The Morgan fingerprint density at radius 1 is 1.08 bits per heavy atom. The van der Waals surface area contributed by atoms with E-state index in [0.29, 0.717) is 28.1 Å². The number of aryl methyl sites for hydroxylation is 3. The molecule has 0 unspecified atom stereocenters. The molecule has 2 aromatic carbocycles. The number of thiophene rings is 1. The van der Waals surface area contributed by atoms with Crippen LogP contribution in [-0.4, -0.2) is 39.5 Å². The van der Waals surface area contributed by atoms with Crippen LogP contribution in [-0.2, 0) is 16.1 Å².